The lowest BCUT2D eigenvalue weighted by Crippen LogP contribution is -2.11. The number of carbonyl (C=O) groups is 1. The Kier molecular flexibility index (Phi) is 5.95. The molecule has 7 heteroatoms. The molecule has 0 saturated heterocycles. The summed E-state index contributed by atoms with van der Waals surface area (Å²) in [7, 11) is 0. The summed E-state index contributed by atoms with van der Waals surface area (Å²) in [4.78, 5) is 15.0. The van der Waals surface area contributed by atoms with E-state index in [-0.39, 0.29) is 23.7 Å². The molecule has 0 aliphatic rings. The monoisotopic (exact) mass is 341 g/mol. The van der Waals surface area contributed by atoms with E-state index in [2.05, 4.69) is 20.9 Å². The fraction of sp³-hybridized carbons (Fsp3) is 0.455. The Morgan fingerprint density at radius 3 is 2.72 bits per heavy atom. The first kappa shape index (κ1) is 15.3. The van der Waals surface area contributed by atoms with E-state index < -0.39 is 18.1 Å². The van der Waals surface area contributed by atoms with Crippen molar-refractivity contribution in [3.63, 3.8) is 0 Å². The summed E-state index contributed by atoms with van der Waals surface area (Å²) in [5.41, 5.74) is 0.223. The van der Waals surface area contributed by atoms with Crippen LogP contribution < -0.4 is 0 Å². The number of halogens is 4. The molecule has 18 heavy (non-hydrogen) atoms. The number of pyridine rings is 1. The van der Waals surface area contributed by atoms with Gasteiger partial charge in [-0.2, -0.15) is 0 Å². The van der Waals surface area contributed by atoms with Gasteiger partial charge in [0, 0.05) is 10.9 Å². The molecule has 0 aliphatic heterocycles. The minimum absolute atomic E-state index is 0.00906. The third kappa shape index (κ3) is 3.88. The van der Waals surface area contributed by atoms with Crippen LogP contribution in [0.25, 0.3) is 0 Å². The number of esters is 1. The summed E-state index contributed by atoms with van der Waals surface area (Å²) >= 11 is 8.93. The molecule has 0 fully saturated rings. The van der Waals surface area contributed by atoms with E-state index in [1.54, 1.807) is 6.92 Å². The molecule has 0 bridgehead atoms. The van der Waals surface area contributed by atoms with Gasteiger partial charge < -0.3 is 4.74 Å². The normalized spacial score (nSPS) is 10.8. The Bertz CT molecular complexity index is 443. The molecule has 3 nitrogen and oxygen atoms in total. The topological polar surface area (TPSA) is 39.2 Å². The molecule has 1 heterocycles. The van der Waals surface area contributed by atoms with Gasteiger partial charge in [0.1, 0.15) is 10.8 Å². The highest BCUT2D eigenvalue weighted by Crippen LogP contribution is 2.27. The van der Waals surface area contributed by atoms with Crippen molar-refractivity contribution in [1.82, 2.24) is 4.98 Å². The van der Waals surface area contributed by atoms with Gasteiger partial charge in [-0.25, -0.2) is 13.8 Å². The van der Waals surface area contributed by atoms with Crippen molar-refractivity contribution < 1.29 is 18.3 Å². The lowest BCUT2D eigenvalue weighted by atomic mass is 10.1. The number of hydrogen-bond acceptors (Lipinski definition) is 3. The van der Waals surface area contributed by atoms with Gasteiger partial charge in [-0.3, -0.25) is 4.79 Å². The van der Waals surface area contributed by atoms with Crippen LogP contribution in [0.4, 0.5) is 8.78 Å². The molecule has 0 aromatic carbocycles. The van der Waals surface area contributed by atoms with Crippen molar-refractivity contribution in [1.29, 1.82) is 0 Å². The lowest BCUT2D eigenvalue weighted by molar-refractivity contribution is -0.142. The quantitative estimate of drug-likeness (QED) is 0.465. The Labute approximate surface area is 117 Å². The van der Waals surface area contributed by atoms with E-state index in [9.17, 15) is 13.6 Å². The number of alkyl halides is 3. The van der Waals surface area contributed by atoms with Gasteiger partial charge >= 0.3 is 5.97 Å². The second-order valence-corrected chi connectivity index (χ2v) is 4.32. The first-order chi connectivity index (χ1) is 8.49. The molecule has 0 amide bonds. The number of nitrogens with zero attached hydrogens (tertiary/aromatic N) is 1. The minimum Gasteiger partial charge on any atom is -0.466 e. The maximum absolute atomic E-state index is 12.8. The first-order valence-electron chi connectivity index (χ1n) is 5.17. The van der Waals surface area contributed by atoms with Crippen molar-refractivity contribution in [2.45, 2.75) is 25.1 Å². The summed E-state index contributed by atoms with van der Waals surface area (Å²) < 4.78 is 30.3. The third-order valence-electron chi connectivity index (χ3n) is 2.15. The van der Waals surface area contributed by atoms with Crippen LogP contribution in [0.3, 0.4) is 0 Å². The zero-order valence-electron chi connectivity index (χ0n) is 9.55. The van der Waals surface area contributed by atoms with E-state index in [4.69, 9.17) is 16.3 Å². The molecule has 100 valence electrons. The van der Waals surface area contributed by atoms with Crippen LogP contribution in [0.1, 0.15) is 30.2 Å². The van der Waals surface area contributed by atoms with Crippen LogP contribution in [-0.4, -0.2) is 17.6 Å². The zero-order valence-corrected chi connectivity index (χ0v) is 11.9. The standard InChI is InChI=1S/C11H11BrClF2NO2/c1-2-18-8(17)4-6-3-7(5-12)10(13)16-9(6)11(14)15/h3,11H,2,4-5H2,1H3. The molecule has 0 aliphatic carbocycles. The second-order valence-electron chi connectivity index (χ2n) is 3.40. The summed E-state index contributed by atoms with van der Waals surface area (Å²) in [5, 5.41) is 0.382. The molecule has 0 radical (unpaired) electrons. The van der Waals surface area contributed by atoms with Gasteiger partial charge in [-0.05, 0) is 18.6 Å². The Morgan fingerprint density at radius 2 is 2.22 bits per heavy atom. The van der Waals surface area contributed by atoms with Crippen molar-refractivity contribution in [2.75, 3.05) is 6.61 Å². The second kappa shape index (κ2) is 6.99. The molecule has 0 spiro atoms. The fourth-order valence-electron chi connectivity index (χ4n) is 1.38. The highest BCUT2D eigenvalue weighted by Gasteiger charge is 2.20. The summed E-state index contributed by atoms with van der Waals surface area (Å²) in [6, 6.07) is 1.45. The van der Waals surface area contributed by atoms with Gasteiger partial charge in [0.2, 0.25) is 0 Å². The smallest absolute Gasteiger partial charge is 0.310 e. The maximum Gasteiger partial charge on any atom is 0.310 e. The van der Waals surface area contributed by atoms with Crippen LogP contribution in [0.2, 0.25) is 5.15 Å². The predicted molar refractivity (Wildman–Crippen MR) is 67.2 cm³/mol. The summed E-state index contributed by atoms with van der Waals surface area (Å²) in [6.07, 6.45) is -3.02. The van der Waals surface area contributed by atoms with Gasteiger partial charge in [0.25, 0.3) is 6.43 Å². The molecular formula is C11H11BrClF2NO2. The van der Waals surface area contributed by atoms with Crippen LogP contribution >= 0.6 is 27.5 Å². The average Bonchev–Trinajstić information content (AvgIpc) is 2.30. The number of carbonyl (C=O) groups excluding carboxylic acids is 1. The lowest BCUT2D eigenvalue weighted by Gasteiger charge is -2.10. The molecule has 0 atom stereocenters. The number of rotatable bonds is 5. The average molecular weight is 343 g/mol. The van der Waals surface area contributed by atoms with E-state index >= 15 is 0 Å². The van der Waals surface area contributed by atoms with Gasteiger partial charge in [0.15, 0.2) is 0 Å². The summed E-state index contributed by atoms with van der Waals surface area (Å²) in [6.45, 7) is 1.85. The zero-order chi connectivity index (χ0) is 13.7. The molecule has 0 N–H and O–H groups in total. The van der Waals surface area contributed by atoms with E-state index in [1.807, 2.05) is 0 Å². The highest BCUT2D eigenvalue weighted by atomic mass is 79.9. The van der Waals surface area contributed by atoms with Crippen LogP contribution in [0, 0.1) is 0 Å². The van der Waals surface area contributed by atoms with Crippen molar-refractivity contribution in [3.8, 4) is 0 Å². The van der Waals surface area contributed by atoms with E-state index in [0.717, 1.165) is 0 Å². The highest BCUT2D eigenvalue weighted by molar-refractivity contribution is 9.08. The molecule has 1 aromatic heterocycles. The predicted octanol–water partition coefficient (Wildman–Crippen LogP) is 3.67. The van der Waals surface area contributed by atoms with Gasteiger partial charge in [-0.15, -0.1) is 0 Å². The molecule has 1 rings (SSSR count). The molecule has 0 unspecified atom stereocenters. The first-order valence-corrected chi connectivity index (χ1v) is 6.67. The number of hydrogen-bond donors (Lipinski definition) is 0. The minimum atomic E-state index is -2.78. The van der Waals surface area contributed by atoms with E-state index in [0.29, 0.717) is 10.9 Å². The Balaban J connectivity index is 3.10. The largest absolute Gasteiger partial charge is 0.466 e. The third-order valence-corrected chi connectivity index (χ3v) is 3.08. The summed E-state index contributed by atoms with van der Waals surface area (Å²) in [5.74, 6) is -0.566. The van der Waals surface area contributed by atoms with E-state index in [1.165, 1.54) is 6.07 Å². The van der Waals surface area contributed by atoms with Crippen molar-refractivity contribution in [3.05, 3.63) is 28.0 Å². The van der Waals surface area contributed by atoms with Gasteiger partial charge in [0.05, 0.1) is 13.0 Å². The van der Waals surface area contributed by atoms with Crippen LogP contribution in [0.15, 0.2) is 6.07 Å². The maximum atomic E-state index is 12.8. The molecule has 1 aromatic rings. The molecular weight excluding hydrogens is 331 g/mol. The number of aromatic nitrogens is 1. The molecule has 0 saturated carbocycles. The van der Waals surface area contributed by atoms with Crippen molar-refractivity contribution in [2.24, 2.45) is 0 Å². The number of ether oxygens (including phenoxy) is 1. The Hall–Kier alpha value is -0.750. The van der Waals surface area contributed by atoms with Crippen molar-refractivity contribution >= 4 is 33.5 Å². The fourth-order valence-corrected chi connectivity index (χ4v) is 2.19. The SMILES string of the molecule is CCOC(=O)Cc1cc(CBr)c(Cl)nc1C(F)F. The Morgan fingerprint density at radius 1 is 1.56 bits per heavy atom. The van der Waals surface area contributed by atoms with Gasteiger partial charge in [-0.1, -0.05) is 27.5 Å². The van der Waals surface area contributed by atoms with Crippen LogP contribution in [-0.2, 0) is 21.3 Å². The van der Waals surface area contributed by atoms with Crippen LogP contribution in [0.5, 0.6) is 0 Å².